The molecule has 0 radical (unpaired) electrons. The van der Waals surface area contributed by atoms with Gasteiger partial charge in [0.15, 0.2) is 0 Å². The number of benzene rings is 1. The Balaban J connectivity index is 1.93. The Labute approximate surface area is 128 Å². The molecule has 0 heterocycles. The molecule has 4 nitrogen and oxygen atoms in total. The quantitative estimate of drug-likeness (QED) is 0.783. The van der Waals surface area contributed by atoms with Crippen molar-refractivity contribution in [2.24, 2.45) is 5.92 Å². The summed E-state index contributed by atoms with van der Waals surface area (Å²) in [5.74, 6) is 0.606. The molecule has 0 unspecified atom stereocenters. The van der Waals surface area contributed by atoms with E-state index in [2.05, 4.69) is 40.0 Å². The van der Waals surface area contributed by atoms with Gasteiger partial charge in [0, 0.05) is 22.7 Å². The number of rotatable bonds is 6. The van der Waals surface area contributed by atoms with Crippen molar-refractivity contribution < 1.29 is 4.79 Å². The second kappa shape index (κ2) is 6.59. The highest BCUT2D eigenvalue weighted by Crippen LogP contribution is 2.28. The number of nitrogens with two attached hydrogens (primary N) is 1. The van der Waals surface area contributed by atoms with Gasteiger partial charge in [0.25, 0.3) is 0 Å². The van der Waals surface area contributed by atoms with Crippen LogP contribution in [0, 0.1) is 5.92 Å². The normalized spacial score (nSPS) is 14.8. The molecular formula is C15H22BrN3O. The van der Waals surface area contributed by atoms with Gasteiger partial charge >= 0.3 is 0 Å². The van der Waals surface area contributed by atoms with Crippen LogP contribution in [0.25, 0.3) is 0 Å². The molecule has 0 atom stereocenters. The van der Waals surface area contributed by atoms with E-state index < -0.39 is 0 Å². The van der Waals surface area contributed by atoms with Gasteiger partial charge in [-0.15, -0.1) is 0 Å². The number of halogens is 1. The Kier molecular flexibility index (Phi) is 5.05. The molecule has 1 saturated carbocycles. The summed E-state index contributed by atoms with van der Waals surface area (Å²) in [5.41, 5.74) is 7.13. The highest BCUT2D eigenvalue weighted by molar-refractivity contribution is 9.10. The Hall–Kier alpha value is -1.07. The van der Waals surface area contributed by atoms with Crippen molar-refractivity contribution in [1.29, 1.82) is 0 Å². The molecule has 1 amide bonds. The number of nitrogens with one attached hydrogen (secondary N) is 1. The Bertz CT molecular complexity index is 486. The number of hydrogen-bond donors (Lipinski definition) is 2. The van der Waals surface area contributed by atoms with Crippen molar-refractivity contribution in [3.63, 3.8) is 0 Å². The summed E-state index contributed by atoms with van der Waals surface area (Å²) in [6, 6.07) is 5.99. The molecule has 1 aliphatic carbocycles. The van der Waals surface area contributed by atoms with Gasteiger partial charge in [0.2, 0.25) is 5.91 Å². The molecular weight excluding hydrogens is 318 g/mol. The first-order chi connectivity index (χ1) is 9.45. The van der Waals surface area contributed by atoms with Crippen molar-refractivity contribution in [2.45, 2.75) is 32.7 Å². The fourth-order valence-electron chi connectivity index (χ4n) is 2.26. The standard InChI is InChI=1S/C15H22BrN3O/c1-10(2)8-19(12-4-5-12)9-15(20)18-14-6-3-11(17)7-13(14)16/h3,6-7,10,12H,4-5,8-9,17H2,1-2H3,(H,18,20). The zero-order chi connectivity index (χ0) is 14.7. The van der Waals surface area contributed by atoms with E-state index in [0.717, 1.165) is 16.7 Å². The maximum absolute atomic E-state index is 12.2. The molecule has 2 rings (SSSR count). The summed E-state index contributed by atoms with van der Waals surface area (Å²) in [7, 11) is 0. The lowest BCUT2D eigenvalue weighted by Crippen LogP contribution is -2.37. The van der Waals surface area contributed by atoms with Crippen LogP contribution < -0.4 is 11.1 Å². The minimum absolute atomic E-state index is 0.0306. The van der Waals surface area contributed by atoms with Crippen LogP contribution in [0.4, 0.5) is 11.4 Å². The van der Waals surface area contributed by atoms with E-state index in [4.69, 9.17) is 5.73 Å². The molecule has 0 aromatic heterocycles. The van der Waals surface area contributed by atoms with Crippen LogP contribution in [0.3, 0.4) is 0 Å². The lowest BCUT2D eigenvalue weighted by molar-refractivity contribution is -0.117. The van der Waals surface area contributed by atoms with Crippen molar-refractivity contribution in [3.05, 3.63) is 22.7 Å². The first-order valence-electron chi connectivity index (χ1n) is 7.04. The molecule has 3 N–H and O–H groups in total. The van der Waals surface area contributed by atoms with Crippen LogP contribution in [-0.2, 0) is 4.79 Å². The average molecular weight is 340 g/mol. The van der Waals surface area contributed by atoms with Gasteiger partial charge in [-0.25, -0.2) is 0 Å². The second-order valence-corrected chi connectivity index (χ2v) is 6.70. The number of amides is 1. The van der Waals surface area contributed by atoms with Crippen LogP contribution in [-0.4, -0.2) is 29.9 Å². The predicted octanol–water partition coefficient (Wildman–Crippen LogP) is 3.09. The van der Waals surface area contributed by atoms with E-state index in [1.807, 2.05) is 6.07 Å². The number of nitrogens with zero attached hydrogens (tertiary/aromatic N) is 1. The molecule has 5 heteroatoms. The molecule has 1 fully saturated rings. The average Bonchev–Trinajstić information content (AvgIpc) is 3.15. The smallest absolute Gasteiger partial charge is 0.238 e. The van der Waals surface area contributed by atoms with Gasteiger partial charge in [0.05, 0.1) is 12.2 Å². The second-order valence-electron chi connectivity index (χ2n) is 5.84. The molecule has 0 spiro atoms. The van der Waals surface area contributed by atoms with Crippen molar-refractivity contribution in [1.82, 2.24) is 4.90 Å². The summed E-state index contributed by atoms with van der Waals surface area (Å²) in [6.45, 7) is 5.80. The third-order valence-electron chi connectivity index (χ3n) is 3.28. The Morgan fingerprint density at radius 1 is 1.50 bits per heavy atom. The van der Waals surface area contributed by atoms with Gasteiger partial charge in [-0.2, -0.15) is 0 Å². The van der Waals surface area contributed by atoms with Gasteiger partial charge in [-0.3, -0.25) is 9.69 Å². The first kappa shape index (κ1) is 15.3. The summed E-state index contributed by atoms with van der Waals surface area (Å²) >= 11 is 3.42. The summed E-state index contributed by atoms with van der Waals surface area (Å²) in [6.07, 6.45) is 2.43. The topological polar surface area (TPSA) is 58.4 Å². The summed E-state index contributed by atoms with van der Waals surface area (Å²) in [5, 5.41) is 2.94. The largest absolute Gasteiger partial charge is 0.399 e. The third-order valence-corrected chi connectivity index (χ3v) is 3.93. The highest BCUT2D eigenvalue weighted by Gasteiger charge is 2.30. The Morgan fingerprint density at radius 2 is 2.20 bits per heavy atom. The minimum atomic E-state index is 0.0306. The fraction of sp³-hybridized carbons (Fsp3) is 0.533. The van der Waals surface area contributed by atoms with Crippen molar-refractivity contribution >= 4 is 33.2 Å². The SMILES string of the molecule is CC(C)CN(CC(=O)Nc1ccc(N)cc1Br)C1CC1. The maximum Gasteiger partial charge on any atom is 0.238 e. The van der Waals surface area contributed by atoms with E-state index in [9.17, 15) is 4.79 Å². The number of anilines is 2. The zero-order valence-corrected chi connectivity index (χ0v) is 13.6. The molecule has 0 aliphatic heterocycles. The lowest BCUT2D eigenvalue weighted by atomic mass is 10.2. The van der Waals surface area contributed by atoms with Crippen LogP contribution in [0.15, 0.2) is 22.7 Å². The van der Waals surface area contributed by atoms with Gasteiger partial charge in [-0.05, 0) is 52.9 Å². The van der Waals surface area contributed by atoms with Crippen molar-refractivity contribution in [3.8, 4) is 0 Å². The molecule has 0 bridgehead atoms. The van der Waals surface area contributed by atoms with Crippen LogP contribution >= 0.6 is 15.9 Å². The highest BCUT2D eigenvalue weighted by atomic mass is 79.9. The summed E-state index contributed by atoms with van der Waals surface area (Å²) in [4.78, 5) is 14.5. The summed E-state index contributed by atoms with van der Waals surface area (Å²) < 4.78 is 0.813. The predicted molar refractivity (Wildman–Crippen MR) is 86.6 cm³/mol. The van der Waals surface area contributed by atoms with E-state index >= 15 is 0 Å². The van der Waals surface area contributed by atoms with Crippen molar-refractivity contribution in [2.75, 3.05) is 24.1 Å². The third kappa shape index (κ3) is 4.49. The molecule has 1 aliphatic rings. The van der Waals surface area contributed by atoms with Gasteiger partial charge < -0.3 is 11.1 Å². The lowest BCUT2D eigenvalue weighted by Gasteiger charge is -2.23. The van der Waals surface area contributed by atoms with E-state index in [-0.39, 0.29) is 5.91 Å². The first-order valence-corrected chi connectivity index (χ1v) is 7.84. The zero-order valence-electron chi connectivity index (χ0n) is 12.0. The maximum atomic E-state index is 12.2. The minimum Gasteiger partial charge on any atom is -0.399 e. The number of carbonyl (C=O) groups excluding carboxylic acids is 1. The molecule has 1 aromatic rings. The van der Waals surface area contributed by atoms with Gasteiger partial charge in [-0.1, -0.05) is 13.8 Å². The van der Waals surface area contributed by atoms with E-state index in [1.165, 1.54) is 12.8 Å². The molecule has 0 saturated heterocycles. The molecule has 20 heavy (non-hydrogen) atoms. The van der Waals surface area contributed by atoms with Crippen LogP contribution in [0.5, 0.6) is 0 Å². The fourth-order valence-corrected chi connectivity index (χ4v) is 2.75. The monoisotopic (exact) mass is 339 g/mol. The number of hydrogen-bond acceptors (Lipinski definition) is 3. The van der Waals surface area contributed by atoms with Crippen LogP contribution in [0.2, 0.25) is 0 Å². The van der Waals surface area contributed by atoms with Crippen LogP contribution in [0.1, 0.15) is 26.7 Å². The van der Waals surface area contributed by atoms with E-state index in [0.29, 0.717) is 24.2 Å². The Morgan fingerprint density at radius 3 is 2.75 bits per heavy atom. The number of carbonyl (C=O) groups is 1. The molecule has 110 valence electrons. The van der Waals surface area contributed by atoms with E-state index in [1.54, 1.807) is 12.1 Å². The number of nitrogen functional groups attached to an aromatic ring is 1. The van der Waals surface area contributed by atoms with Gasteiger partial charge in [0.1, 0.15) is 0 Å². The molecule has 1 aromatic carbocycles.